The second-order valence-electron chi connectivity index (χ2n) is 5.92. The molecule has 0 radical (unpaired) electrons. The topological polar surface area (TPSA) is 15.7 Å². The second-order valence-corrected chi connectivity index (χ2v) is 5.92. The normalized spacial score (nSPS) is 12.3. The van der Waals surface area contributed by atoms with Crippen molar-refractivity contribution in [3.05, 3.63) is 24.7 Å². The van der Waals surface area contributed by atoms with Crippen LogP contribution in [0.3, 0.4) is 0 Å². The Balaban J connectivity index is 3.39. The predicted molar refractivity (Wildman–Crippen MR) is 103 cm³/mol. The Morgan fingerprint density at radius 3 is 1.35 bits per heavy atom. The molecule has 0 bridgehead atoms. The molecule has 0 aliphatic heterocycles. The lowest BCUT2D eigenvalue weighted by atomic mass is 10.2. The van der Waals surface area contributed by atoms with Crippen LogP contribution in [0.1, 0.15) is 66.2 Å². The van der Waals surface area contributed by atoms with Crippen molar-refractivity contribution in [1.82, 2.24) is 9.80 Å². The summed E-state index contributed by atoms with van der Waals surface area (Å²) < 4.78 is 5.39. The van der Waals surface area contributed by atoms with E-state index in [0.717, 1.165) is 39.0 Å². The van der Waals surface area contributed by atoms with Gasteiger partial charge in [-0.15, -0.1) is 0 Å². The smallest absolute Gasteiger partial charge is 0.0861 e. The highest BCUT2D eigenvalue weighted by Crippen LogP contribution is 2.02. The van der Waals surface area contributed by atoms with Crippen LogP contribution in [0.15, 0.2) is 24.7 Å². The molecule has 23 heavy (non-hydrogen) atoms. The van der Waals surface area contributed by atoms with Crippen molar-refractivity contribution in [1.29, 1.82) is 0 Å². The van der Waals surface area contributed by atoms with Crippen molar-refractivity contribution in [3.8, 4) is 0 Å². The van der Waals surface area contributed by atoms with Crippen molar-refractivity contribution in [2.24, 2.45) is 0 Å². The molecule has 0 rings (SSSR count). The first-order chi connectivity index (χ1) is 11.3. The molecule has 0 aliphatic carbocycles. The summed E-state index contributed by atoms with van der Waals surface area (Å²) in [5.74, 6) is 0. The van der Waals surface area contributed by atoms with Crippen LogP contribution in [0.4, 0.5) is 0 Å². The van der Waals surface area contributed by atoms with Crippen molar-refractivity contribution in [2.75, 3.05) is 39.3 Å². The van der Waals surface area contributed by atoms with Gasteiger partial charge in [-0.2, -0.15) is 0 Å². The maximum atomic E-state index is 5.39. The van der Waals surface area contributed by atoms with E-state index in [1.807, 2.05) is 12.5 Å². The number of hydrogen-bond donors (Lipinski definition) is 0. The van der Waals surface area contributed by atoms with Crippen molar-refractivity contribution in [2.45, 2.75) is 66.2 Å². The Bertz CT molecular complexity index is 253. The van der Waals surface area contributed by atoms with Gasteiger partial charge in [-0.1, -0.05) is 27.7 Å². The molecule has 0 N–H and O–H groups in total. The lowest BCUT2D eigenvalue weighted by Crippen LogP contribution is -2.23. The summed E-state index contributed by atoms with van der Waals surface area (Å²) >= 11 is 0. The molecule has 0 heterocycles. The van der Waals surface area contributed by atoms with Crippen LogP contribution in [0.5, 0.6) is 0 Å². The van der Waals surface area contributed by atoms with Gasteiger partial charge in [0.1, 0.15) is 0 Å². The standard InChI is InChI=1S/C20H40N2O/c1-5-21(6-2)17-13-9-11-15-19-23-20-16-12-10-14-18-22(7-3)8-4/h15-16,19-20H,5-14,17-18H2,1-4H3. The molecule has 0 aromatic heterocycles. The van der Waals surface area contributed by atoms with E-state index in [0.29, 0.717) is 0 Å². The van der Waals surface area contributed by atoms with Crippen LogP contribution in [0.2, 0.25) is 0 Å². The monoisotopic (exact) mass is 324 g/mol. The van der Waals surface area contributed by atoms with Crippen molar-refractivity contribution < 1.29 is 4.74 Å². The van der Waals surface area contributed by atoms with Crippen molar-refractivity contribution >= 4 is 0 Å². The van der Waals surface area contributed by atoms with E-state index < -0.39 is 0 Å². The first kappa shape index (κ1) is 22.2. The SMILES string of the molecule is CCN(CC)CCCCC=COC=CCCCCN(CC)CC. The predicted octanol–water partition coefficient (Wildman–Crippen LogP) is 5.05. The molecule has 0 aliphatic rings. The average molecular weight is 325 g/mol. The quantitative estimate of drug-likeness (QED) is 0.292. The van der Waals surface area contributed by atoms with Crippen molar-refractivity contribution in [3.63, 3.8) is 0 Å². The second kappa shape index (κ2) is 17.6. The molecule has 3 heteroatoms. The summed E-state index contributed by atoms with van der Waals surface area (Å²) in [5.41, 5.74) is 0. The Labute approximate surface area is 145 Å². The summed E-state index contributed by atoms with van der Waals surface area (Å²) in [4.78, 5) is 4.95. The highest BCUT2D eigenvalue weighted by molar-refractivity contribution is 4.80. The summed E-state index contributed by atoms with van der Waals surface area (Å²) in [5, 5.41) is 0. The van der Waals surface area contributed by atoms with Crippen LogP contribution in [0, 0.1) is 0 Å². The minimum Gasteiger partial charge on any atom is -0.473 e. The fraction of sp³-hybridized carbons (Fsp3) is 0.800. The number of allylic oxidation sites excluding steroid dienone is 2. The Morgan fingerprint density at radius 2 is 1.00 bits per heavy atom. The maximum absolute atomic E-state index is 5.39. The van der Waals surface area contributed by atoms with Gasteiger partial charge in [0.25, 0.3) is 0 Å². The molecule has 0 spiro atoms. The molecule has 0 amide bonds. The van der Waals surface area contributed by atoms with Gasteiger partial charge < -0.3 is 14.5 Å². The highest BCUT2D eigenvalue weighted by Gasteiger charge is 1.97. The number of ether oxygens (including phenoxy) is 1. The molecule has 0 atom stereocenters. The van der Waals surface area contributed by atoms with E-state index in [1.165, 1.54) is 38.8 Å². The molecule has 3 nitrogen and oxygen atoms in total. The summed E-state index contributed by atoms with van der Waals surface area (Å²) in [6, 6.07) is 0. The van der Waals surface area contributed by atoms with Crippen LogP contribution in [-0.2, 0) is 4.74 Å². The minimum atomic E-state index is 1.11. The van der Waals surface area contributed by atoms with Gasteiger partial charge in [-0.25, -0.2) is 0 Å². The average Bonchev–Trinajstić information content (AvgIpc) is 2.59. The van der Waals surface area contributed by atoms with Gasteiger partial charge in [-0.3, -0.25) is 0 Å². The van der Waals surface area contributed by atoms with E-state index in [1.54, 1.807) is 0 Å². The Kier molecular flexibility index (Phi) is 16.9. The largest absolute Gasteiger partial charge is 0.473 e. The first-order valence-electron chi connectivity index (χ1n) is 9.68. The minimum absolute atomic E-state index is 1.11. The van der Waals surface area contributed by atoms with Gasteiger partial charge in [0.2, 0.25) is 0 Å². The van der Waals surface area contributed by atoms with Gasteiger partial charge in [-0.05, 0) is 89.9 Å². The van der Waals surface area contributed by atoms with E-state index >= 15 is 0 Å². The van der Waals surface area contributed by atoms with Crippen LogP contribution < -0.4 is 0 Å². The molecule has 0 saturated carbocycles. The first-order valence-corrected chi connectivity index (χ1v) is 9.68. The summed E-state index contributed by atoms with van der Waals surface area (Å²) in [6.07, 6.45) is 15.2. The maximum Gasteiger partial charge on any atom is 0.0861 e. The van der Waals surface area contributed by atoms with Gasteiger partial charge in [0.05, 0.1) is 12.5 Å². The number of rotatable bonds is 16. The summed E-state index contributed by atoms with van der Waals surface area (Å²) in [7, 11) is 0. The van der Waals surface area contributed by atoms with E-state index in [2.05, 4.69) is 49.6 Å². The van der Waals surface area contributed by atoms with E-state index in [-0.39, 0.29) is 0 Å². The number of unbranched alkanes of at least 4 members (excludes halogenated alkanes) is 4. The third-order valence-corrected chi connectivity index (χ3v) is 4.33. The number of hydrogen-bond acceptors (Lipinski definition) is 3. The third kappa shape index (κ3) is 14.5. The fourth-order valence-corrected chi connectivity index (χ4v) is 2.57. The zero-order valence-corrected chi connectivity index (χ0v) is 16.1. The number of nitrogens with zero attached hydrogens (tertiary/aromatic N) is 2. The zero-order chi connectivity index (χ0) is 17.2. The molecule has 0 aromatic carbocycles. The van der Waals surface area contributed by atoms with Gasteiger partial charge >= 0.3 is 0 Å². The van der Waals surface area contributed by atoms with Crippen LogP contribution in [0.25, 0.3) is 0 Å². The molecule has 0 unspecified atom stereocenters. The molecule has 0 saturated heterocycles. The highest BCUT2D eigenvalue weighted by atomic mass is 16.5. The third-order valence-electron chi connectivity index (χ3n) is 4.33. The van der Waals surface area contributed by atoms with Crippen LogP contribution in [-0.4, -0.2) is 49.1 Å². The summed E-state index contributed by atoms with van der Waals surface area (Å²) in [6.45, 7) is 16.0. The Hall–Kier alpha value is -0.800. The molecular formula is C20H40N2O. The molecular weight excluding hydrogens is 284 g/mol. The molecule has 136 valence electrons. The fourth-order valence-electron chi connectivity index (χ4n) is 2.57. The van der Waals surface area contributed by atoms with Gasteiger partial charge in [0, 0.05) is 0 Å². The van der Waals surface area contributed by atoms with Crippen LogP contribution >= 0.6 is 0 Å². The van der Waals surface area contributed by atoms with E-state index in [9.17, 15) is 0 Å². The Morgan fingerprint density at radius 1 is 0.609 bits per heavy atom. The van der Waals surface area contributed by atoms with Gasteiger partial charge in [0.15, 0.2) is 0 Å². The lowest BCUT2D eigenvalue weighted by Gasteiger charge is -2.17. The molecule has 0 aromatic rings. The lowest BCUT2D eigenvalue weighted by molar-refractivity contribution is 0.297. The zero-order valence-electron chi connectivity index (χ0n) is 16.1. The van der Waals surface area contributed by atoms with E-state index in [4.69, 9.17) is 4.74 Å². The molecule has 0 fully saturated rings.